The maximum absolute atomic E-state index is 2.62. The van der Waals surface area contributed by atoms with Gasteiger partial charge in [0.05, 0.1) is 0 Å². The van der Waals surface area contributed by atoms with Crippen LogP contribution in [-0.2, 0) is 0 Å². The van der Waals surface area contributed by atoms with Crippen molar-refractivity contribution in [1.82, 2.24) is 4.90 Å². The lowest BCUT2D eigenvalue weighted by Gasteiger charge is -2.27. The Morgan fingerprint density at radius 1 is 1.12 bits per heavy atom. The molecule has 1 nitrogen and oxygen atoms in total. The highest BCUT2D eigenvalue weighted by atomic mass is 15.1. The molecule has 0 N–H and O–H groups in total. The quantitative estimate of drug-likeness (QED) is 0.679. The minimum atomic E-state index is 0.498. The summed E-state index contributed by atoms with van der Waals surface area (Å²) in [6, 6.07) is 8.75. The van der Waals surface area contributed by atoms with Crippen LogP contribution in [0.1, 0.15) is 51.2 Å². The maximum Gasteiger partial charge on any atom is 0.0233 e. The predicted octanol–water partition coefficient (Wildman–Crippen LogP) is 5.78. The summed E-state index contributed by atoms with van der Waals surface area (Å²) in [5, 5.41) is 0. The first kappa shape index (κ1) is 17.2. The number of nitrogens with zero attached hydrogens (tertiary/aromatic N) is 1. The summed E-state index contributed by atoms with van der Waals surface area (Å²) in [4.78, 5) is 2.62. The van der Waals surface area contributed by atoms with Crippen LogP contribution in [0.15, 0.2) is 53.1 Å². The molecule has 1 aromatic rings. The van der Waals surface area contributed by atoms with Gasteiger partial charge in [-0.05, 0) is 85.5 Å². The maximum atomic E-state index is 2.62. The highest BCUT2D eigenvalue weighted by Gasteiger charge is 2.21. The molecular weight excluding hydrogens is 290 g/mol. The van der Waals surface area contributed by atoms with Gasteiger partial charge >= 0.3 is 0 Å². The first-order valence-corrected chi connectivity index (χ1v) is 9.51. The third-order valence-electron chi connectivity index (χ3n) is 5.64. The molecule has 1 aromatic carbocycles. The van der Waals surface area contributed by atoms with E-state index in [-0.39, 0.29) is 0 Å². The Bertz CT molecular complexity index is 684. The molecule has 1 heteroatoms. The molecule has 1 fully saturated rings. The second kappa shape index (κ2) is 7.53. The van der Waals surface area contributed by atoms with Crippen LogP contribution in [0.5, 0.6) is 0 Å². The molecule has 128 valence electrons. The number of benzene rings is 1. The molecule has 1 aliphatic heterocycles. The molecule has 0 radical (unpaired) electrons. The van der Waals surface area contributed by atoms with E-state index in [9.17, 15) is 0 Å². The fourth-order valence-corrected chi connectivity index (χ4v) is 4.17. The SMILES string of the molecule is CCC1=C/C(=C(\C)c2ccccc2C)C(C)C=C1CN1CCCC1. The lowest BCUT2D eigenvalue weighted by molar-refractivity contribution is 0.368. The van der Waals surface area contributed by atoms with Gasteiger partial charge in [-0.1, -0.05) is 50.3 Å². The summed E-state index contributed by atoms with van der Waals surface area (Å²) in [5.41, 5.74) is 8.78. The number of aryl methyl sites for hydroxylation is 1. The van der Waals surface area contributed by atoms with Gasteiger partial charge in [-0.2, -0.15) is 0 Å². The molecule has 2 aliphatic rings. The number of hydrogen-bond acceptors (Lipinski definition) is 1. The summed E-state index contributed by atoms with van der Waals surface area (Å²) >= 11 is 0. The van der Waals surface area contributed by atoms with Gasteiger partial charge in [-0.25, -0.2) is 0 Å². The molecule has 1 atom stereocenters. The van der Waals surface area contributed by atoms with E-state index < -0.39 is 0 Å². The lowest BCUT2D eigenvalue weighted by atomic mass is 9.82. The fraction of sp³-hybridized carbons (Fsp3) is 0.478. The largest absolute Gasteiger partial charge is 0.299 e. The van der Waals surface area contributed by atoms with Crippen molar-refractivity contribution in [3.63, 3.8) is 0 Å². The summed E-state index contributed by atoms with van der Waals surface area (Å²) in [7, 11) is 0. The molecule has 0 spiro atoms. The van der Waals surface area contributed by atoms with Crippen molar-refractivity contribution in [3.8, 4) is 0 Å². The normalized spacial score (nSPS) is 23.9. The molecule has 1 unspecified atom stereocenters. The molecule has 1 heterocycles. The molecular formula is C23H31N. The van der Waals surface area contributed by atoms with Crippen molar-refractivity contribution in [2.45, 2.75) is 47.0 Å². The van der Waals surface area contributed by atoms with Crippen molar-refractivity contribution in [2.75, 3.05) is 19.6 Å². The fourth-order valence-electron chi connectivity index (χ4n) is 4.17. The molecule has 24 heavy (non-hydrogen) atoms. The first-order chi connectivity index (χ1) is 11.6. The van der Waals surface area contributed by atoms with Crippen LogP contribution in [-0.4, -0.2) is 24.5 Å². The van der Waals surface area contributed by atoms with E-state index in [2.05, 4.69) is 69.0 Å². The van der Waals surface area contributed by atoms with Crippen LogP contribution < -0.4 is 0 Å². The second-order valence-electron chi connectivity index (χ2n) is 7.38. The van der Waals surface area contributed by atoms with Gasteiger partial charge in [0.15, 0.2) is 0 Å². The van der Waals surface area contributed by atoms with Crippen molar-refractivity contribution in [3.05, 3.63) is 64.3 Å². The van der Waals surface area contributed by atoms with Gasteiger partial charge in [0, 0.05) is 6.54 Å². The highest BCUT2D eigenvalue weighted by molar-refractivity contribution is 5.73. The minimum Gasteiger partial charge on any atom is -0.299 e. The number of allylic oxidation sites excluding steroid dienone is 4. The average Bonchev–Trinajstić information content (AvgIpc) is 3.08. The number of rotatable bonds is 4. The highest BCUT2D eigenvalue weighted by Crippen LogP contribution is 2.35. The minimum absolute atomic E-state index is 0.498. The summed E-state index contributed by atoms with van der Waals surface area (Å²) in [6.45, 7) is 12.8. The third kappa shape index (κ3) is 3.57. The van der Waals surface area contributed by atoms with Crippen LogP contribution >= 0.6 is 0 Å². The zero-order valence-electron chi connectivity index (χ0n) is 15.7. The van der Waals surface area contributed by atoms with Crippen LogP contribution in [0.4, 0.5) is 0 Å². The topological polar surface area (TPSA) is 3.24 Å². The Morgan fingerprint density at radius 3 is 2.50 bits per heavy atom. The van der Waals surface area contributed by atoms with E-state index in [4.69, 9.17) is 0 Å². The summed E-state index contributed by atoms with van der Waals surface area (Å²) in [6.07, 6.45) is 8.86. The van der Waals surface area contributed by atoms with Crippen LogP contribution in [0.25, 0.3) is 5.57 Å². The van der Waals surface area contributed by atoms with E-state index >= 15 is 0 Å². The summed E-state index contributed by atoms with van der Waals surface area (Å²) < 4.78 is 0. The lowest BCUT2D eigenvalue weighted by Crippen LogP contribution is -2.24. The van der Waals surface area contributed by atoms with Crippen molar-refractivity contribution in [1.29, 1.82) is 0 Å². The zero-order chi connectivity index (χ0) is 17.1. The van der Waals surface area contributed by atoms with Crippen LogP contribution in [0, 0.1) is 12.8 Å². The van der Waals surface area contributed by atoms with E-state index in [0.29, 0.717) is 5.92 Å². The van der Waals surface area contributed by atoms with E-state index in [0.717, 1.165) is 13.0 Å². The number of likely N-dealkylation sites (tertiary alicyclic amines) is 1. The van der Waals surface area contributed by atoms with E-state index in [1.54, 1.807) is 5.57 Å². The standard InChI is InChI=1S/C23H31N/c1-5-20-15-23(19(4)22-11-7-6-10-17(22)2)18(3)14-21(20)16-24-12-8-9-13-24/h6-7,10-11,14-15,18H,5,8-9,12-13,16H2,1-4H3/b23-19-. The Labute approximate surface area is 147 Å². The van der Waals surface area contributed by atoms with Gasteiger partial charge in [0.1, 0.15) is 0 Å². The Kier molecular flexibility index (Phi) is 5.40. The average molecular weight is 322 g/mol. The third-order valence-corrected chi connectivity index (χ3v) is 5.64. The van der Waals surface area contributed by atoms with Crippen molar-refractivity contribution >= 4 is 5.57 Å². The van der Waals surface area contributed by atoms with Gasteiger partial charge in [0.25, 0.3) is 0 Å². The zero-order valence-corrected chi connectivity index (χ0v) is 15.7. The Morgan fingerprint density at radius 2 is 1.83 bits per heavy atom. The molecule has 0 aromatic heterocycles. The van der Waals surface area contributed by atoms with Gasteiger partial charge in [-0.3, -0.25) is 4.90 Å². The number of hydrogen-bond donors (Lipinski definition) is 0. The first-order valence-electron chi connectivity index (χ1n) is 9.51. The molecule has 1 aliphatic carbocycles. The summed E-state index contributed by atoms with van der Waals surface area (Å²) in [5.74, 6) is 0.498. The predicted molar refractivity (Wildman–Crippen MR) is 105 cm³/mol. The van der Waals surface area contributed by atoms with Crippen LogP contribution in [0.3, 0.4) is 0 Å². The molecule has 0 saturated carbocycles. The Balaban J connectivity index is 1.91. The smallest absolute Gasteiger partial charge is 0.0233 e. The van der Waals surface area contributed by atoms with Crippen LogP contribution in [0.2, 0.25) is 0 Å². The van der Waals surface area contributed by atoms with E-state index in [1.807, 2.05) is 0 Å². The second-order valence-corrected chi connectivity index (χ2v) is 7.38. The van der Waals surface area contributed by atoms with Crippen molar-refractivity contribution in [2.24, 2.45) is 5.92 Å². The van der Waals surface area contributed by atoms with Gasteiger partial charge < -0.3 is 0 Å². The molecule has 3 rings (SSSR count). The van der Waals surface area contributed by atoms with Gasteiger partial charge in [-0.15, -0.1) is 0 Å². The molecule has 1 saturated heterocycles. The van der Waals surface area contributed by atoms with Crippen molar-refractivity contribution < 1.29 is 0 Å². The monoisotopic (exact) mass is 321 g/mol. The van der Waals surface area contributed by atoms with E-state index in [1.165, 1.54) is 53.8 Å². The van der Waals surface area contributed by atoms with Gasteiger partial charge in [0.2, 0.25) is 0 Å². The molecule has 0 amide bonds. The Hall–Kier alpha value is -1.60. The molecule has 0 bridgehead atoms.